The maximum Gasteiger partial charge on any atom is 0.341 e. The number of rotatable bonds is 4. The number of ether oxygens (including phenoxy) is 1. The van der Waals surface area contributed by atoms with Crippen molar-refractivity contribution in [2.45, 2.75) is 38.1 Å². The van der Waals surface area contributed by atoms with Gasteiger partial charge in [0.05, 0.1) is 18.7 Å². The number of ketones is 1. The summed E-state index contributed by atoms with van der Waals surface area (Å²) >= 11 is 0. The second kappa shape index (κ2) is 6.66. The normalized spacial score (nSPS) is 15.0. The third-order valence-corrected chi connectivity index (χ3v) is 4.05. The lowest BCUT2D eigenvalue weighted by atomic mass is 10.0. The second-order valence-corrected chi connectivity index (χ2v) is 5.55. The van der Waals surface area contributed by atoms with Gasteiger partial charge in [0, 0.05) is 19.0 Å². The fourth-order valence-corrected chi connectivity index (χ4v) is 2.79. The summed E-state index contributed by atoms with van der Waals surface area (Å²) < 4.78 is 11.6. The summed E-state index contributed by atoms with van der Waals surface area (Å²) in [5.41, 5.74) is 0.123. The Morgan fingerprint density at radius 1 is 1.38 bits per heavy atom. The minimum atomic E-state index is -1.12. The molecular weight excluding hydrogens is 312 g/mol. The molecule has 1 aliphatic rings. The lowest BCUT2D eigenvalue weighted by Gasteiger charge is -2.09. The summed E-state index contributed by atoms with van der Waals surface area (Å²) in [6.45, 7) is 0.689. The van der Waals surface area contributed by atoms with Crippen molar-refractivity contribution in [3.8, 4) is 6.07 Å². The van der Waals surface area contributed by atoms with Gasteiger partial charge in [-0.3, -0.25) is 4.79 Å². The number of Topliss-reactive ketones (excluding diaryl/α,β-unsaturated/α-hetero) is 1. The van der Waals surface area contributed by atoms with Crippen molar-refractivity contribution >= 4 is 11.8 Å². The van der Waals surface area contributed by atoms with Crippen LogP contribution in [0.2, 0.25) is 0 Å². The summed E-state index contributed by atoms with van der Waals surface area (Å²) in [5, 5.41) is 17.6. The number of fused-ring (bicyclic) bond motifs is 1. The van der Waals surface area contributed by atoms with Crippen molar-refractivity contribution in [3.63, 3.8) is 0 Å². The lowest BCUT2D eigenvalue weighted by Crippen LogP contribution is -2.17. The Morgan fingerprint density at radius 3 is 2.96 bits per heavy atom. The Labute approximate surface area is 138 Å². The number of methoxy groups -OCH3 is 1. The van der Waals surface area contributed by atoms with E-state index in [4.69, 9.17) is 4.42 Å². The standard InChI is InChI=1S/C16H16N4O4/c1-23-16(22)10-7-12(24-9-10)14(21)11(8-17)15-19-18-13-5-3-2-4-6-20(13)15/h7,9,11H,2-6H2,1H3/t11-/m1/s1. The molecule has 0 unspecified atom stereocenters. The fraction of sp³-hybridized carbons (Fsp3) is 0.438. The van der Waals surface area contributed by atoms with Crippen LogP contribution in [0.25, 0.3) is 0 Å². The minimum Gasteiger partial charge on any atom is -0.465 e. The molecule has 0 N–H and O–H groups in total. The average molecular weight is 328 g/mol. The van der Waals surface area contributed by atoms with Crippen molar-refractivity contribution in [3.05, 3.63) is 35.3 Å². The number of nitriles is 1. The van der Waals surface area contributed by atoms with E-state index in [9.17, 15) is 14.9 Å². The highest BCUT2D eigenvalue weighted by atomic mass is 16.5. The third kappa shape index (κ3) is 2.80. The van der Waals surface area contributed by atoms with Gasteiger partial charge in [-0.15, -0.1) is 10.2 Å². The molecule has 8 heteroatoms. The number of esters is 1. The smallest absolute Gasteiger partial charge is 0.341 e. The number of hydrogen-bond donors (Lipinski definition) is 0. The average Bonchev–Trinajstić information content (AvgIpc) is 3.17. The van der Waals surface area contributed by atoms with E-state index in [1.54, 1.807) is 0 Å². The van der Waals surface area contributed by atoms with E-state index in [1.165, 1.54) is 13.2 Å². The maximum atomic E-state index is 12.6. The molecule has 0 bridgehead atoms. The molecule has 0 aromatic carbocycles. The topological polar surface area (TPSA) is 111 Å². The van der Waals surface area contributed by atoms with E-state index in [2.05, 4.69) is 14.9 Å². The van der Waals surface area contributed by atoms with Crippen molar-refractivity contribution in [1.82, 2.24) is 14.8 Å². The molecule has 2 aromatic rings. The van der Waals surface area contributed by atoms with Crippen LogP contribution in [-0.4, -0.2) is 33.6 Å². The highest BCUT2D eigenvalue weighted by Crippen LogP contribution is 2.24. The molecular formula is C16H16N4O4. The molecule has 0 aliphatic carbocycles. The van der Waals surface area contributed by atoms with Gasteiger partial charge in [0.2, 0.25) is 5.78 Å². The molecule has 1 atom stereocenters. The molecule has 0 fully saturated rings. The van der Waals surface area contributed by atoms with E-state index < -0.39 is 17.7 Å². The Balaban J connectivity index is 1.91. The van der Waals surface area contributed by atoms with Crippen LogP contribution < -0.4 is 0 Å². The summed E-state index contributed by atoms with van der Waals surface area (Å²) in [5.74, 6) is -1.23. The highest BCUT2D eigenvalue weighted by molar-refractivity contribution is 6.02. The highest BCUT2D eigenvalue weighted by Gasteiger charge is 2.31. The first kappa shape index (κ1) is 15.9. The molecule has 1 aliphatic heterocycles. The number of hydrogen-bond acceptors (Lipinski definition) is 7. The van der Waals surface area contributed by atoms with Crippen LogP contribution in [0.4, 0.5) is 0 Å². The quantitative estimate of drug-likeness (QED) is 0.622. The number of aryl methyl sites for hydroxylation is 1. The number of carbonyl (C=O) groups excluding carboxylic acids is 2. The Kier molecular flexibility index (Phi) is 4.42. The van der Waals surface area contributed by atoms with Crippen LogP contribution in [-0.2, 0) is 17.7 Å². The van der Waals surface area contributed by atoms with Gasteiger partial charge >= 0.3 is 5.97 Å². The molecule has 0 saturated carbocycles. The Bertz CT molecular complexity index is 814. The minimum absolute atomic E-state index is 0.0760. The number of nitrogens with zero attached hydrogens (tertiary/aromatic N) is 4. The van der Waals surface area contributed by atoms with E-state index in [-0.39, 0.29) is 11.3 Å². The second-order valence-electron chi connectivity index (χ2n) is 5.55. The fourth-order valence-electron chi connectivity index (χ4n) is 2.79. The number of furan rings is 1. The predicted molar refractivity (Wildman–Crippen MR) is 80.3 cm³/mol. The van der Waals surface area contributed by atoms with E-state index in [0.29, 0.717) is 12.4 Å². The van der Waals surface area contributed by atoms with Gasteiger partial charge < -0.3 is 13.7 Å². The first-order valence-corrected chi connectivity index (χ1v) is 7.68. The van der Waals surface area contributed by atoms with Gasteiger partial charge in [-0.1, -0.05) is 6.42 Å². The van der Waals surface area contributed by atoms with E-state index in [0.717, 1.165) is 37.8 Å². The molecule has 3 heterocycles. The first-order valence-electron chi connectivity index (χ1n) is 7.68. The zero-order valence-corrected chi connectivity index (χ0v) is 13.2. The van der Waals surface area contributed by atoms with Crippen LogP contribution in [0.15, 0.2) is 16.7 Å². The summed E-state index contributed by atoms with van der Waals surface area (Å²) in [7, 11) is 1.24. The molecule has 124 valence electrons. The predicted octanol–water partition coefficient (Wildman–Crippen LogP) is 1.87. The molecule has 2 aromatic heterocycles. The Hall–Kier alpha value is -2.95. The number of carbonyl (C=O) groups is 2. The number of aromatic nitrogens is 3. The monoisotopic (exact) mass is 328 g/mol. The van der Waals surface area contributed by atoms with Gasteiger partial charge in [-0.05, 0) is 12.8 Å². The third-order valence-electron chi connectivity index (χ3n) is 4.05. The zero-order chi connectivity index (χ0) is 17.1. The molecule has 8 nitrogen and oxygen atoms in total. The van der Waals surface area contributed by atoms with Gasteiger partial charge in [0.1, 0.15) is 12.1 Å². The largest absolute Gasteiger partial charge is 0.465 e. The maximum absolute atomic E-state index is 12.6. The first-order chi connectivity index (χ1) is 11.7. The molecule has 0 spiro atoms. The van der Waals surface area contributed by atoms with Crippen LogP contribution in [0.3, 0.4) is 0 Å². The van der Waals surface area contributed by atoms with Crippen molar-refractivity contribution in [1.29, 1.82) is 5.26 Å². The van der Waals surface area contributed by atoms with Gasteiger partial charge in [-0.2, -0.15) is 5.26 Å². The summed E-state index contributed by atoms with van der Waals surface area (Å²) in [4.78, 5) is 24.1. The molecule has 0 amide bonds. The van der Waals surface area contributed by atoms with Gasteiger partial charge in [-0.25, -0.2) is 4.79 Å². The lowest BCUT2D eigenvalue weighted by molar-refractivity contribution is 0.0599. The van der Waals surface area contributed by atoms with Crippen molar-refractivity contribution in [2.75, 3.05) is 7.11 Å². The van der Waals surface area contributed by atoms with Crippen LogP contribution in [0.1, 0.15) is 57.7 Å². The van der Waals surface area contributed by atoms with E-state index >= 15 is 0 Å². The van der Waals surface area contributed by atoms with E-state index in [1.807, 2.05) is 10.6 Å². The van der Waals surface area contributed by atoms with Gasteiger partial charge in [0.25, 0.3) is 0 Å². The van der Waals surface area contributed by atoms with Crippen LogP contribution in [0.5, 0.6) is 0 Å². The molecule has 0 saturated heterocycles. The summed E-state index contributed by atoms with van der Waals surface area (Å²) in [6.07, 6.45) is 4.97. The van der Waals surface area contributed by atoms with Gasteiger partial charge in [0.15, 0.2) is 17.5 Å². The van der Waals surface area contributed by atoms with Crippen LogP contribution in [0, 0.1) is 11.3 Å². The van der Waals surface area contributed by atoms with Crippen LogP contribution >= 0.6 is 0 Å². The molecule has 0 radical (unpaired) electrons. The molecule has 24 heavy (non-hydrogen) atoms. The Morgan fingerprint density at radius 2 is 2.21 bits per heavy atom. The van der Waals surface area contributed by atoms with Crippen molar-refractivity contribution < 1.29 is 18.7 Å². The summed E-state index contributed by atoms with van der Waals surface area (Å²) in [6, 6.07) is 3.25. The zero-order valence-electron chi connectivity index (χ0n) is 13.2. The molecule has 3 rings (SSSR count). The van der Waals surface area contributed by atoms with Crippen molar-refractivity contribution in [2.24, 2.45) is 0 Å². The SMILES string of the molecule is COC(=O)c1coc(C(=O)[C@@H](C#N)c2nnc3n2CCCCC3)c1.